The quantitative estimate of drug-likeness (QED) is 0.251. The molecule has 6 rings (SSSR count). The molecule has 214 valence electrons. The number of benzene rings is 2. The highest BCUT2D eigenvalue weighted by molar-refractivity contribution is 5.95. The predicted molar refractivity (Wildman–Crippen MR) is 160 cm³/mol. The molecule has 0 spiro atoms. The van der Waals surface area contributed by atoms with Gasteiger partial charge in [-0.2, -0.15) is 10.4 Å². The molecule has 2 aromatic carbocycles. The summed E-state index contributed by atoms with van der Waals surface area (Å²) in [6, 6.07) is 21.6. The fourth-order valence-corrected chi connectivity index (χ4v) is 6.05. The van der Waals surface area contributed by atoms with Crippen molar-refractivity contribution in [2.45, 2.75) is 57.1 Å². The van der Waals surface area contributed by atoms with Crippen molar-refractivity contribution in [3.05, 3.63) is 84.8 Å². The fourth-order valence-electron chi connectivity index (χ4n) is 6.05. The lowest BCUT2D eigenvalue weighted by atomic mass is 9.96. The third kappa shape index (κ3) is 6.44. The number of ether oxygens (including phenoxy) is 1. The minimum Gasteiger partial charge on any atom is -0.490 e. The van der Waals surface area contributed by atoms with E-state index in [1.165, 1.54) is 12.8 Å². The van der Waals surface area contributed by atoms with Crippen LogP contribution in [-0.4, -0.2) is 49.7 Å². The van der Waals surface area contributed by atoms with Crippen molar-refractivity contribution in [2.75, 3.05) is 18.4 Å². The molecule has 1 aliphatic heterocycles. The van der Waals surface area contributed by atoms with Gasteiger partial charge in [0.15, 0.2) is 0 Å². The minimum atomic E-state index is 0.00748. The zero-order valence-corrected chi connectivity index (χ0v) is 23.6. The van der Waals surface area contributed by atoms with Crippen LogP contribution in [0.5, 0.6) is 5.75 Å². The highest BCUT2D eigenvalue weighted by Gasteiger charge is 2.27. The van der Waals surface area contributed by atoms with Gasteiger partial charge in [-0.1, -0.05) is 37.1 Å². The zero-order valence-electron chi connectivity index (χ0n) is 23.6. The second kappa shape index (κ2) is 12.9. The van der Waals surface area contributed by atoms with Gasteiger partial charge >= 0.3 is 0 Å². The molecule has 9 heteroatoms. The van der Waals surface area contributed by atoms with Crippen molar-refractivity contribution in [1.82, 2.24) is 24.6 Å². The average Bonchev–Trinajstić information content (AvgIpc) is 3.74. The van der Waals surface area contributed by atoms with Crippen molar-refractivity contribution in [3.8, 4) is 23.1 Å². The number of amides is 1. The number of carbonyl (C=O) groups is 1. The Morgan fingerprint density at radius 1 is 1.05 bits per heavy atom. The Kier molecular flexibility index (Phi) is 8.41. The van der Waals surface area contributed by atoms with Gasteiger partial charge in [-0.25, -0.2) is 9.97 Å². The molecule has 1 aliphatic carbocycles. The molecule has 1 atom stereocenters. The van der Waals surface area contributed by atoms with Crippen LogP contribution in [0.15, 0.2) is 79.3 Å². The van der Waals surface area contributed by atoms with Crippen LogP contribution in [0.1, 0.15) is 61.3 Å². The van der Waals surface area contributed by atoms with Gasteiger partial charge in [-0.05, 0) is 55.2 Å². The first-order chi connectivity index (χ1) is 20.7. The molecule has 4 aromatic rings. The predicted octanol–water partition coefficient (Wildman–Crippen LogP) is 6.41. The van der Waals surface area contributed by atoms with Crippen molar-refractivity contribution < 1.29 is 9.53 Å². The minimum absolute atomic E-state index is 0.00748. The van der Waals surface area contributed by atoms with Gasteiger partial charge in [-0.3, -0.25) is 9.48 Å². The topological polar surface area (TPSA) is 109 Å². The summed E-state index contributed by atoms with van der Waals surface area (Å²) in [7, 11) is 0. The lowest BCUT2D eigenvalue weighted by molar-refractivity contribution is 0.0595. The second-order valence-electron chi connectivity index (χ2n) is 11.1. The van der Waals surface area contributed by atoms with E-state index in [2.05, 4.69) is 21.5 Å². The number of likely N-dealkylation sites (tertiary alicyclic amines) is 1. The first-order valence-electron chi connectivity index (χ1n) is 14.8. The normalized spacial score (nSPS) is 16.6. The Morgan fingerprint density at radius 3 is 2.64 bits per heavy atom. The molecule has 0 radical (unpaired) electrons. The molecule has 9 nitrogen and oxygen atoms in total. The zero-order chi connectivity index (χ0) is 28.7. The van der Waals surface area contributed by atoms with Gasteiger partial charge in [0.1, 0.15) is 11.9 Å². The van der Waals surface area contributed by atoms with Gasteiger partial charge in [0.05, 0.1) is 30.4 Å². The van der Waals surface area contributed by atoms with Crippen molar-refractivity contribution in [1.29, 1.82) is 5.26 Å². The van der Waals surface area contributed by atoms with Gasteiger partial charge in [0.2, 0.25) is 5.95 Å². The van der Waals surface area contributed by atoms with Crippen molar-refractivity contribution in [3.63, 3.8) is 0 Å². The van der Waals surface area contributed by atoms with Crippen LogP contribution in [0.2, 0.25) is 0 Å². The number of hydrogen-bond acceptors (Lipinski definition) is 7. The van der Waals surface area contributed by atoms with E-state index in [0.29, 0.717) is 36.9 Å². The number of hydrogen-bond donors (Lipinski definition) is 1. The Hall–Kier alpha value is -4.71. The van der Waals surface area contributed by atoms with Crippen molar-refractivity contribution in [2.24, 2.45) is 5.92 Å². The molecular formula is C33H35N7O2. The van der Waals surface area contributed by atoms with Crippen LogP contribution >= 0.6 is 0 Å². The van der Waals surface area contributed by atoms with Gasteiger partial charge < -0.3 is 15.0 Å². The molecule has 2 fully saturated rings. The Labute approximate surface area is 246 Å². The number of nitrogens with zero attached hydrogens (tertiary/aromatic N) is 6. The van der Waals surface area contributed by atoms with E-state index >= 15 is 0 Å². The molecule has 2 aliphatic rings. The van der Waals surface area contributed by atoms with Crippen LogP contribution in [0.3, 0.4) is 0 Å². The molecule has 1 saturated carbocycles. The number of rotatable bonds is 9. The summed E-state index contributed by atoms with van der Waals surface area (Å²) in [5, 5.41) is 17.3. The third-order valence-electron chi connectivity index (χ3n) is 8.28. The molecule has 2 aromatic heterocycles. The summed E-state index contributed by atoms with van der Waals surface area (Å²) >= 11 is 0. The van der Waals surface area contributed by atoms with E-state index in [-0.39, 0.29) is 18.1 Å². The molecule has 1 saturated heterocycles. The maximum Gasteiger partial charge on any atom is 0.253 e. The first kappa shape index (κ1) is 27.5. The van der Waals surface area contributed by atoms with Crippen LogP contribution in [0.4, 0.5) is 11.6 Å². The Morgan fingerprint density at radius 2 is 1.86 bits per heavy atom. The summed E-state index contributed by atoms with van der Waals surface area (Å²) in [4.78, 5) is 24.3. The number of nitrogens with one attached hydrogen (secondary N) is 1. The number of aromatic nitrogens is 4. The summed E-state index contributed by atoms with van der Waals surface area (Å²) in [5.41, 5.74) is 2.99. The number of carbonyl (C=O) groups excluding carboxylic acids is 1. The fraction of sp³-hybridized carbons (Fsp3) is 0.364. The molecule has 0 bridgehead atoms. The number of anilines is 2. The molecule has 3 heterocycles. The molecular weight excluding hydrogens is 526 g/mol. The maximum absolute atomic E-state index is 13.3. The van der Waals surface area contributed by atoms with E-state index in [4.69, 9.17) is 9.72 Å². The van der Waals surface area contributed by atoms with Gasteiger partial charge in [0.25, 0.3) is 5.91 Å². The van der Waals surface area contributed by atoms with Crippen LogP contribution in [-0.2, 0) is 0 Å². The van der Waals surface area contributed by atoms with E-state index in [9.17, 15) is 10.1 Å². The lowest BCUT2D eigenvalue weighted by Crippen LogP contribution is -2.41. The number of piperidine rings is 1. The smallest absolute Gasteiger partial charge is 0.253 e. The average molecular weight is 562 g/mol. The van der Waals surface area contributed by atoms with E-state index in [1.807, 2.05) is 76.4 Å². The van der Waals surface area contributed by atoms with Gasteiger partial charge in [0, 0.05) is 55.1 Å². The second-order valence-corrected chi connectivity index (χ2v) is 11.1. The van der Waals surface area contributed by atoms with Crippen LogP contribution in [0, 0.1) is 17.2 Å². The molecule has 1 N–H and O–H groups in total. The Balaban J connectivity index is 1.09. The van der Waals surface area contributed by atoms with E-state index in [0.717, 1.165) is 48.4 Å². The van der Waals surface area contributed by atoms with Crippen molar-refractivity contribution >= 4 is 17.5 Å². The van der Waals surface area contributed by atoms with E-state index in [1.54, 1.807) is 12.4 Å². The lowest BCUT2D eigenvalue weighted by Gasteiger charge is -2.32. The summed E-state index contributed by atoms with van der Waals surface area (Å²) < 4.78 is 8.02. The highest BCUT2D eigenvalue weighted by Crippen LogP contribution is 2.36. The number of nitriles is 1. The Bertz CT molecular complexity index is 1530. The third-order valence-corrected chi connectivity index (χ3v) is 8.28. The summed E-state index contributed by atoms with van der Waals surface area (Å²) in [6.45, 7) is 1.31. The maximum atomic E-state index is 13.3. The largest absolute Gasteiger partial charge is 0.490 e. The van der Waals surface area contributed by atoms with E-state index < -0.39 is 0 Å². The summed E-state index contributed by atoms with van der Waals surface area (Å²) in [6.07, 6.45) is 12.4. The van der Waals surface area contributed by atoms with Crippen LogP contribution in [0.25, 0.3) is 11.3 Å². The molecule has 1 unspecified atom stereocenters. The standard InChI is InChI=1S/C33H35N7O2/c34-17-13-31(24-7-4-5-8-24)40-23-26(22-36-40)30-14-18-35-33(38-30)37-27-10-6-9-25(21-27)32(41)39-19-15-29(16-20-39)42-28-11-2-1-3-12-28/h1-3,6,9-12,14,18,21-24,29,31H,4-5,7-8,13,15-16,19-20H2,(H,35,37,38). The monoisotopic (exact) mass is 561 g/mol. The first-order valence-corrected chi connectivity index (χ1v) is 14.8. The number of para-hydroxylation sites is 1. The highest BCUT2D eigenvalue weighted by atomic mass is 16.5. The summed E-state index contributed by atoms with van der Waals surface area (Å²) in [5.74, 6) is 1.80. The van der Waals surface area contributed by atoms with Gasteiger partial charge in [-0.15, -0.1) is 0 Å². The molecule has 1 amide bonds. The molecule has 42 heavy (non-hydrogen) atoms. The van der Waals surface area contributed by atoms with Crippen LogP contribution < -0.4 is 10.1 Å². The SMILES string of the molecule is N#CCC(C1CCCC1)n1cc(-c2ccnc(Nc3cccc(C(=O)N4CCC(Oc5ccccc5)CC4)c3)n2)cn1.